The van der Waals surface area contributed by atoms with E-state index in [-0.39, 0.29) is 23.5 Å². The van der Waals surface area contributed by atoms with Crippen LogP contribution in [0.25, 0.3) is 0 Å². The summed E-state index contributed by atoms with van der Waals surface area (Å²) in [4.78, 5) is 11.9. The molecule has 130 valence electrons. The number of carbonyl (C=O) groups excluding carboxylic acids is 1. The molecule has 0 radical (unpaired) electrons. The average molecular weight is 348 g/mol. The third-order valence-corrected chi connectivity index (χ3v) is 3.32. The fraction of sp³-hybridized carbons (Fsp3) is 0.500. The van der Waals surface area contributed by atoms with Crippen molar-refractivity contribution in [1.29, 1.82) is 0 Å². The highest BCUT2D eigenvalue weighted by Crippen LogP contribution is 2.33. The van der Waals surface area contributed by atoms with Gasteiger partial charge < -0.3 is 14.7 Å². The number of ether oxygens (including phenoxy) is 1. The standard InChI is InChI=1S/C14H21FN2O5S/c1-8-10(7-16)6-11(22-23(15,19)20)9(2)12(8)17-13(18)21-14(3,4)5/h6H,7,16H2,1-5H3,(H,17,18). The number of benzene rings is 1. The van der Waals surface area contributed by atoms with Crippen LogP contribution in [0.15, 0.2) is 6.07 Å². The zero-order valence-corrected chi connectivity index (χ0v) is 14.5. The molecule has 1 rings (SSSR count). The van der Waals surface area contributed by atoms with Crippen LogP contribution >= 0.6 is 0 Å². The molecule has 0 spiro atoms. The Labute approximate surface area is 135 Å². The van der Waals surface area contributed by atoms with Crippen LogP contribution in [0.5, 0.6) is 5.75 Å². The van der Waals surface area contributed by atoms with Crippen LogP contribution in [0.4, 0.5) is 14.4 Å². The maximum Gasteiger partial charge on any atom is 0.488 e. The van der Waals surface area contributed by atoms with Crippen molar-refractivity contribution in [3.05, 3.63) is 22.8 Å². The van der Waals surface area contributed by atoms with Crippen LogP contribution in [-0.4, -0.2) is 20.1 Å². The average Bonchev–Trinajstić information content (AvgIpc) is 2.34. The fourth-order valence-electron chi connectivity index (χ4n) is 1.94. The van der Waals surface area contributed by atoms with Crippen LogP contribution in [0.2, 0.25) is 0 Å². The molecule has 7 nitrogen and oxygen atoms in total. The Kier molecular flexibility index (Phi) is 5.60. The predicted molar refractivity (Wildman–Crippen MR) is 84.3 cm³/mol. The Morgan fingerprint density at radius 1 is 1.30 bits per heavy atom. The lowest BCUT2D eigenvalue weighted by molar-refractivity contribution is 0.0635. The van der Waals surface area contributed by atoms with Gasteiger partial charge in [-0.3, -0.25) is 5.32 Å². The molecule has 3 N–H and O–H groups in total. The molecule has 0 aliphatic carbocycles. The van der Waals surface area contributed by atoms with E-state index in [0.29, 0.717) is 11.1 Å². The van der Waals surface area contributed by atoms with Gasteiger partial charge in [-0.15, -0.1) is 0 Å². The molecule has 0 heterocycles. The fourth-order valence-corrected chi connectivity index (χ4v) is 2.33. The molecule has 0 aromatic heterocycles. The van der Waals surface area contributed by atoms with Gasteiger partial charge in [0.05, 0.1) is 5.69 Å². The maximum absolute atomic E-state index is 12.8. The molecule has 0 saturated carbocycles. The maximum atomic E-state index is 12.8. The molecular formula is C14H21FN2O5S. The number of hydrogen-bond donors (Lipinski definition) is 2. The van der Waals surface area contributed by atoms with E-state index in [1.165, 1.54) is 13.0 Å². The lowest BCUT2D eigenvalue weighted by Gasteiger charge is -2.22. The van der Waals surface area contributed by atoms with Crippen molar-refractivity contribution in [2.24, 2.45) is 5.73 Å². The molecule has 1 aromatic rings. The molecule has 0 saturated heterocycles. The first-order valence-electron chi connectivity index (χ1n) is 6.81. The lowest BCUT2D eigenvalue weighted by atomic mass is 10.0. The van der Waals surface area contributed by atoms with Gasteiger partial charge in [-0.2, -0.15) is 8.42 Å². The molecule has 1 aromatic carbocycles. The van der Waals surface area contributed by atoms with E-state index in [2.05, 4.69) is 9.50 Å². The molecule has 0 aliphatic rings. The summed E-state index contributed by atoms with van der Waals surface area (Å²) in [5, 5.41) is 2.52. The van der Waals surface area contributed by atoms with Crippen LogP contribution in [0.1, 0.15) is 37.5 Å². The topological polar surface area (TPSA) is 108 Å². The van der Waals surface area contributed by atoms with Gasteiger partial charge in [0.1, 0.15) is 5.60 Å². The Bertz CT molecular complexity index is 711. The van der Waals surface area contributed by atoms with Crippen molar-refractivity contribution in [1.82, 2.24) is 0 Å². The molecule has 23 heavy (non-hydrogen) atoms. The van der Waals surface area contributed by atoms with Crippen molar-refractivity contribution >= 4 is 22.3 Å². The van der Waals surface area contributed by atoms with Crippen LogP contribution < -0.4 is 15.2 Å². The summed E-state index contributed by atoms with van der Waals surface area (Å²) in [5.74, 6) is -0.246. The minimum Gasteiger partial charge on any atom is -0.444 e. The van der Waals surface area contributed by atoms with Crippen molar-refractivity contribution in [3.63, 3.8) is 0 Å². The highest BCUT2D eigenvalue weighted by atomic mass is 32.3. The number of carbonyl (C=O) groups is 1. The van der Waals surface area contributed by atoms with Gasteiger partial charge in [0.2, 0.25) is 0 Å². The number of nitrogens with one attached hydrogen (secondary N) is 1. The summed E-state index contributed by atoms with van der Waals surface area (Å²) in [6.45, 7) is 8.33. The van der Waals surface area contributed by atoms with Gasteiger partial charge in [-0.1, -0.05) is 3.89 Å². The van der Waals surface area contributed by atoms with E-state index in [9.17, 15) is 17.1 Å². The van der Waals surface area contributed by atoms with Crippen LogP contribution in [0, 0.1) is 13.8 Å². The van der Waals surface area contributed by atoms with E-state index in [4.69, 9.17) is 10.5 Å². The molecule has 0 atom stereocenters. The molecule has 0 aliphatic heterocycles. The summed E-state index contributed by atoms with van der Waals surface area (Å²) >= 11 is 0. The van der Waals surface area contributed by atoms with E-state index in [1.54, 1.807) is 27.7 Å². The van der Waals surface area contributed by atoms with Gasteiger partial charge in [0.15, 0.2) is 5.75 Å². The number of hydrogen-bond acceptors (Lipinski definition) is 6. The molecule has 1 amide bonds. The number of nitrogens with two attached hydrogens (primary N) is 1. The van der Waals surface area contributed by atoms with Crippen LogP contribution in [0.3, 0.4) is 0 Å². The second-order valence-corrected chi connectivity index (χ2v) is 6.92. The van der Waals surface area contributed by atoms with Gasteiger partial charge in [-0.05, 0) is 51.8 Å². The molecule has 0 bridgehead atoms. The summed E-state index contributed by atoms with van der Waals surface area (Å²) in [6.07, 6.45) is -0.730. The Morgan fingerprint density at radius 3 is 2.30 bits per heavy atom. The number of halogens is 1. The van der Waals surface area contributed by atoms with E-state index in [1.807, 2.05) is 0 Å². The Balaban J connectivity index is 3.29. The van der Waals surface area contributed by atoms with Crippen molar-refractivity contribution in [2.45, 2.75) is 46.8 Å². The van der Waals surface area contributed by atoms with E-state index in [0.717, 1.165) is 0 Å². The summed E-state index contributed by atoms with van der Waals surface area (Å²) < 4.78 is 43.7. The first-order chi connectivity index (χ1) is 10.3. The third kappa shape index (κ3) is 5.68. The second kappa shape index (κ2) is 6.71. The molecule has 0 unspecified atom stereocenters. The van der Waals surface area contributed by atoms with Gasteiger partial charge in [-0.25, -0.2) is 4.79 Å². The quantitative estimate of drug-likeness (QED) is 0.810. The SMILES string of the molecule is Cc1c(CN)cc(OS(=O)(=O)F)c(C)c1NC(=O)OC(C)(C)C. The van der Waals surface area contributed by atoms with E-state index < -0.39 is 22.2 Å². The minimum absolute atomic E-state index is 0.0534. The van der Waals surface area contributed by atoms with E-state index >= 15 is 0 Å². The first kappa shape index (κ1) is 19.2. The summed E-state index contributed by atoms with van der Waals surface area (Å²) in [7, 11) is -5.20. The molecule has 9 heteroatoms. The molecule has 0 fully saturated rings. The number of anilines is 1. The summed E-state index contributed by atoms with van der Waals surface area (Å²) in [6, 6.07) is 1.32. The first-order valence-corrected chi connectivity index (χ1v) is 8.12. The lowest BCUT2D eigenvalue weighted by Crippen LogP contribution is -2.28. The third-order valence-electron chi connectivity index (χ3n) is 2.94. The zero-order valence-electron chi connectivity index (χ0n) is 13.7. The highest BCUT2D eigenvalue weighted by molar-refractivity contribution is 7.81. The van der Waals surface area contributed by atoms with Gasteiger partial charge in [0, 0.05) is 12.1 Å². The Hall–Kier alpha value is -1.87. The smallest absolute Gasteiger partial charge is 0.444 e. The number of amides is 1. The zero-order chi connectivity index (χ0) is 18.0. The normalized spacial score (nSPS) is 12.0. The molecular weight excluding hydrogens is 327 g/mol. The largest absolute Gasteiger partial charge is 0.488 e. The highest BCUT2D eigenvalue weighted by Gasteiger charge is 2.22. The second-order valence-electron chi connectivity index (χ2n) is 5.97. The monoisotopic (exact) mass is 348 g/mol. The van der Waals surface area contributed by atoms with Crippen molar-refractivity contribution < 1.29 is 26.0 Å². The predicted octanol–water partition coefficient (Wildman–Crippen LogP) is 2.70. The van der Waals surface area contributed by atoms with Crippen molar-refractivity contribution in [2.75, 3.05) is 5.32 Å². The Morgan fingerprint density at radius 2 is 1.87 bits per heavy atom. The van der Waals surface area contributed by atoms with Crippen molar-refractivity contribution in [3.8, 4) is 5.75 Å². The number of rotatable bonds is 4. The summed E-state index contributed by atoms with van der Waals surface area (Å²) in [5.41, 5.74) is 6.50. The minimum atomic E-state index is -5.20. The van der Waals surface area contributed by atoms with Gasteiger partial charge in [0.25, 0.3) is 0 Å². The van der Waals surface area contributed by atoms with Crippen LogP contribution in [-0.2, 0) is 21.8 Å². The van der Waals surface area contributed by atoms with Gasteiger partial charge >= 0.3 is 16.6 Å².